The first-order valence-corrected chi connectivity index (χ1v) is 20.8. The molecule has 0 fully saturated rings. The van der Waals surface area contributed by atoms with Crippen molar-refractivity contribution in [1.82, 2.24) is 0 Å². The van der Waals surface area contributed by atoms with Crippen molar-refractivity contribution in [2.45, 2.75) is 5.41 Å². The second-order valence-electron chi connectivity index (χ2n) is 16.6. The first kappa shape index (κ1) is 31.5. The van der Waals surface area contributed by atoms with Gasteiger partial charge in [-0.15, -0.1) is 0 Å². The molecule has 3 aliphatic rings. The zero-order chi connectivity index (χ0) is 38.4. The van der Waals surface area contributed by atoms with E-state index < -0.39 is 5.41 Å². The van der Waals surface area contributed by atoms with Gasteiger partial charge >= 0.3 is 0 Å². The Morgan fingerprint density at radius 2 is 0.627 bits per heavy atom. The van der Waals surface area contributed by atoms with Crippen LogP contribution in [0.5, 0.6) is 0 Å². The number of benzene rings is 11. The zero-order valence-corrected chi connectivity index (χ0v) is 32.1. The Morgan fingerprint density at radius 3 is 1.27 bits per heavy atom. The summed E-state index contributed by atoms with van der Waals surface area (Å²) in [4.78, 5) is 0. The maximum absolute atomic E-state index is 2.57. The number of rotatable bonds is 2. The van der Waals surface area contributed by atoms with Crippen LogP contribution in [-0.4, -0.2) is 0 Å². The summed E-state index contributed by atoms with van der Waals surface area (Å²) in [5.41, 5.74) is 20.7. The van der Waals surface area contributed by atoms with Crippen molar-refractivity contribution in [2.24, 2.45) is 0 Å². The van der Waals surface area contributed by atoms with Crippen LogP contribution in [-0.2, 0) is 5.41 Å². The second-order valence-corrected chi connectivity index (χ2v) is 16.6. The molecular formula is C59H34. The van der Waals surface area contributed by atoms with Crippen LogP contribution in [0.3, 0.4) is 0 Å². The van der Waals surface area contributed by atoms with E-state index in [4.69, 9.17) is 0 Å². The third-order valence-electron chi connectivity index (χ3n) is 14.0. The summed E-state index contributed by atoms with van der Waals surface area (Å²) in [6.45, 7) is 0. The average Bonchev–Trinajstić information content (AvgIpc) is 3.92. The van der Waals surface area contributed by atoms with Gasteiger partial charge in [0.25, 0.3) is 0 Å². The summed E-state index contributed by atoms with van der Waals surface area (Å²) in [6, 6.07) is 78.1. The van der Waals surface area contributed by atoms with Crippen molar-refractivity contribution in [3.8, 4) is 66.8 Å². The Balaban J connectivity index is 1.14. The SMILES string of the molecule is c1ccc(-c2ccc3c4c(cccc24)-c2ccccc2-3)c(-c2cc3c(c4ccccc24)C2(c4ccccc4-c4ccccc42)c2c-3c3ccccc3c3ccccc23)c1. The van der Waals surface area contributed by atoms with E-state index in [-0.39, 0.29) is 0 Å². The molecule has 0 bridgehead atoms. The lowest BCUT2D eigenvalue weighted by molar-refractivity contribution is 0.809. The maximum Gasteiger partial charge on any atom is 0.0737 e. The van der Waals surface area contributed by atoms with E-state index in [1.54, 1.807) is 0 Å². The Hall–Kier alpha value is -7.54. The van der Waals surface area contributed by atoms with Crippen LogP contribution in [0.2, 0.25) is 0 Å². The summed E-state index contributed by atoms with van der Waals surface area (Å²) < 4.78 is 0. The fraction of sp³-hybridized carbons (Fsp3) is 0.0169. The molecule has 0 unspecified atom stereocenters. The average molecular weight is 743 g/mol. The van der Waals surface area contributed by atoms with Crippen LogP contribution in [0.4, 0.5) is 0 Å². The fourth-order valence-corrected chi connectivity index (χ4v) is 11.9. The van der Waals surface area contributed by atoms with Gasteiger partial charge in [-0.3, -0.25) is 0 Å². The largest absolute Gasteiger partial charge is 0.0737 e. The van der Waals surface area contributed by atoms with Gasteiger partial charge in [-0.25, -0.2) is 0 Å². The van der Waals surface area contributed by atoms with Crippen molar-refractivity contribution in [1.29, 1.82) is 0 Å². The number of hydrogen-bond acceptors (Lipinski definition) is 0. The molecule has 0 saturated heterocycles. The number of fused-ring (bicyclic) bond motifs is 20. The van der Waals surface area contributed by atoms with Crippen molar-refractivity contribution in [3.05, 3.63) is 229 Å². The Morgan fingerprint density at radius 1 is 0.220 bits per heavy atom. The first-order chi connectivity index (χ1) is 29.3. The molecule has 59 heavy (non-hydrogen) atoms. The fourth-order valence-electron chi connectivity index (χ4n) is 11.9. The molecule has 11 aromatic rings. The van der Waals surface area contributed by atoms with Gasteiger partial charge in [0.15, 0.2) is 0 Å². The van der Waals surface area contributed by atoms with Crippen molar-refractivity contribution >= 4 is 43.1 Å². The van der Waals surface area contributed by atoms with E-state index in [9.17, 15) is 0 Å². The molecule has 11 aromatic carbocycles. The molecule has 0 atom stereocenters. The highest BCUT2D eigenvalue weighted by Gasteiger charge is 2.54. The van der Waals surface area contributed by atoms with Gasteiger partial charge in [0, 0.05) is 0 Å². The zero-order valence-electron chi connectivity index (χ0n) is 32.1. The van der Waals surface area contributed by atoms with Crippen LogP contribution in [0.15, 0.2) is 206 Å². The first-order valence-electron chi connectivity index (χ1n) is 20.8. The summed E-state index contributed by atoms with van der Waals surface area (Å²) in [5.74, 6) is 0. The predicted molar refractivity (Wildman–Crippen MR) is 248 cm³/mol. The normalized spacial score (nSPS) is 13.6. The van der Waals surface area contributed by atoms with E-state index in [1.807, 2.05) is 0 Å². The molecule has 0 saturated carbocycles. The molecule has 0 N–H and O–H groups in total. The minimum atomic E-state index is -0.508. The minimum absolute atomic E-state index is 0.508. The smallest absolute Gasteiger partial charge is 0.0619 e. The second kappa shape index (κ2) is 11.3. The lowest BCUT2D eigenvalue weighted by Gasteiger charge is -2.33. The quantitative estimate of drug-likeness (QED) is 0.155. The molecule has 1 spiro atoms. The van der Waals surface area contributed by atoms with Crippen LogP contribution >= 0.6 is 0 Å². The van der Waals surface area contributed by atoms with Gasteiger partial charge in [0.1, 0.15) is 0 Å². The van der Waals surface area contributed by atoms with Gasteiger partial charge in [0.2, 0.25) is 0 Å². The van der Waals surface area contributed by atoms with E-state index in [0.29, 0.717) is 0 Å². The molecule has 0 heterocycles. The molecule has 0 heteroatoms. The predicted octanol–water partition coefficient (Wildman–Crippen LogP) is 15.6. The van der Waals surface area contributed by atoms with Gasteiger partial charge in [-0.05, 0) is 138 Å². The van der Waals surface area contributed by atoms with Gasteiger partial charge in [-0.1, -0.05) is 200 Å². The highest BCUT2D eigenvalue weighted by molar-refractivity contribution is 6.24. The van der Waals surface area contributed by atoms with Crippen LogP contribution in [0.25, 0.3) is 110 Å². The molecular weight excluding hydrogens is 709 g/mol. The van der Waals surface area contributed by atoms with Crippen LogP contribution in [0.1, 0.15) is 22.3 Å². The summed E-state index contributed by atoms with van der Waals surface area (Å²) in [7, 11) is 0. The van der Waals surface area contributed by atoms with Crippen molar-refractivity contribution in [3.63, 3.8) is 0 Å². The molecule has 270 valence electrons. The van der Waals surface area contributed by atoms with Crippen molar-refractivity contribution in [2.75, 3.05) is 0 Å². The van der Waals surface area contributed by atoms with Gasteiger partial charge < -0.3 is 0 Å². The van der Waals surface area contributed by atoms with Gasteiger partial charge in [-0.2, -0.15) is 0 Å². The lowest BCUT2D eigenvalue weighted by atomic mass is 9.68. The van der Waals surface area contributed by atoms with Crippen molar-refractivity contribution < 1.29 is 0 Å². The molecule has 0 amide bonds. The Kier molecular flexibility index (Phi) is 6.05. The maximum atomic E-state index is 2.57. The summed E-state index contributed by atoms with van der Waals surface area (Å²) in [6.07, 6.45) is 0. The Labute approximate surface area is 342 Å². The topological polar surface area (TPSA) is 0 Å². The minimum Gasteiger partial charge on any atom is -0.0619 e. The molecule has 0 radical (unpaired) electrons. The van der Waals surface area contributed by atoms with E-state index in [0.717, 1.165) is 0 Å². The van der Waals surface area contributed by atoms with E-state index in [1.165, 1.54) is 132 Å². The highest BCUT2D eigenvalue weighted by atomic mass is 14.5. The van der Waals surface area contributed by atoms with E-state index in [2.05, 4.69) is 206 Å². The third kappa shape index (κ3) is 3.81. The molecule has 0 aliphatic heterocycles. The summed E-state index contributed by atoms with van der Waals surface area (Å²) >= 11 is 0. The third-order valence-corrected chi connectivity index (χ3v) is 14.0. The molecule has 3 aliphatic carbocycles. The van der Waals surface area contributed by atoms with Gasteiger partial charge in [0.05, 0.1) is 5.41 Å². The van der Waals surface area contributed by atoms with E-state index >= 15 is 0 Å². The van der Waals surface area contributed by atoms with Crippen LogP contribution in [0, 0.1) is 0 Å². The standard InChI is InChI=1S/C59H34/c1-4-21-40(35(16-1)42-32-33-48-37-18-3-2-17-36(37)45-28-15-29-46(42)55(45)48)51-34-52-56-47-25-8-5-19-38(47)39-20-6-10-27-50(39)58(56)59(57(52)49-26-9-7-22-41(49)51)53-30-13-11-23-43(53)44-24-12-14-31-54(44)59/h1-34H. The number of hydrogen-bond donors (Lipinski definition) is 0. The molecule has 14 rings (SSSR count). The molecule has 0 nitrogen and oxygen atoms in total. The molecule has 0 aromatic heterocycles. The van der Waals surface area contributed by atoms with Crippen LogP contribution < -0.4 is 0 Å². The monoisotopic (exact) mass is 742 g/mol. The lowest BCUT2D eigenvalue weighted by Crippen LogP contribution is -2.26. The highest BCUT2D eigenvalue weighted by Crippen LogP contribution is 2.67. The Bertz CT molecular complexity index is 3600. The summed E-state index contributed by atoms with van der Waals surface area (Å²) in [5, 5.41) is 10.5.